The first-order chi connectivity index (χ1) is 21.3. The Bertz CT molecular complexity index is 1310. The number of primary amides is 1. The van der Waals surface area contributed by atoms with Gasteiger partial charge in [0.25, 0.3) is 0 Å². The minimum atomic E-state index is -0.909. The minimum Gasteiger partial charge on any atom is -0.494 e. The van der Waals surface area contributed by atoms with Gasteiger partial charge in [0.05, 0.1) is 6.61 Å². The maximum atomic E-state index is 13.6. The number of nitrogens with two attached hydrogens (primary N) is 1. The summed E-state index contributed by atoms with van der Waals surface area (Å²) in [5, 5.41) is 6.82. The quantitative estimate of drug-likeness (QED) is 0.325. The Labute approximate surface area is 266 Å². The van der Waals surface area contributed by atoms with Gasteiger partial charge >= 0.3 is 12.1 Å². The number of aromatic nitrogens is 2. The summed E-state index contributed by atoms with van der Waals surface area (Å²) in [4.78, 5) is 46.4. The van der Waals surface area contributed by atoms with E-state index in [0.29, 0.717) is 37.9 Å². The standard InChI is InChI=1S/C33H50N6O6/c1-21(2)29-36-31(45-37-29)38-16-13-23(14-17-38)9-8-18-43-25-12-11-24(22(3)19-25)20-26(35-32(42)44-33(4,5)6)30(41)39-15-7-10-27(39)28(34)40/h11-12,19,21,23,26-27H,7-10,13-18,20H2,1-6H3,(H2,34,40)(H,35,42). The van der Waals surface area contributed by atoms with Gasteiger partial charge in [0, 0.05) is 32.0 Å². The lowest BCUT2D eigenvalue weighted by Crippen LogP contribution is -2.54. The molecule has 3 N–H and O–H groups in total. The van der Waals surface area contributed by atoms with Gasteiger partial charge in [-0.25, -0.2) is 4.79 Å². The molecule has 0 saturated carbocycles. The summed E-state index contributed by atoms with van der Waals surface area (Å²) < 4.78 is 17.0. The van der Waals surface area contributed by atoms with Gasteiger partial charge in [0.15, 0.2) is 5.82 Å². The summed E-state index contributed by atoms with van der Waals surface area (Å²) in [5.74, 6) is 1.52. The van der Waals surface area contributed by atoms with Crippen molar-refractivity contribution in [2.24, 2.45) is 11.7 Å². The lowest BCUT2D eigenvalue weighted by molar-refractivity contribution is -0.139. The number of hydrogen-bond donors (Lipinski definition) is 2. The van der Waals surface area contributed by atoms with Crippen molar-refractivity contribution in [2.45, 2.75) is 110 Å². The van der Waals surface area contributed by atoms with Gasteiger partial charge in [-0.05, 0) is 95.4 Å². The van der Waals surface area contributed by atoms with Crippen molar-refractivity contribution in [3.8, 4) is 5.75 Å². The van der Waals surface area contributed by atoms with Crippen molar-refractivity contribution >= 4 is 23.9 Å². The first kappa shape index (κ1) is 34.1. The molecular formula is C33H50N6O6. The van der Waals surface area contributed by atoms with E-state index in [1.807, 2.05) is 25.1 Å². The maximum absolute atomic E-state index is 13.6. The zero-order valence-corrected chi connectivity index (χ0v) is 27.6. The van der Waals surface area contributed by atoms with E-state index < -0.39 is 29.7 Å². The first-order valence-corrected chi connectivity index (χ1v) is 16.2. The van der Waals surface area contributed by atoms with E-state index in [0.717, 1.165) is 61.5 Å². The van der Waals surface area contributed by atoms with Crippen LogP contribution in [0.15, 0.2) is 22.7 Å². The number of likely N-dealkylation sites (tertiary alicyclic amines) is 1. The Kier molecular flexibility index (Phi) is 11.3. The maximum Gasteiger partial charge on any atom is 0.408 e. The summed E-state index contributed by atoms with van der Waals surface area (Å²) in [6, 6.07) is 4.83. The zero-order chi connectivity index (χ0) is 32.7. The number of ether oxygens (including phenoxy) is 2. The van der Waals surface area contributed by atoms with Crippen molar-refractivity contribution in [2.75, 3.05) is 31.1 Å². The summed E-state index contributed by atoms with van der Waals surface area (Å²) in [6.07, 6.45) is 4.98. The van der Waals surface area contributed by atoms with E-state index in [9.17, 15) is 14.4 Å². The van der Waals surface area contributed by atoms with Gasteiger partial charge in [-0.1, -0.05) is 25.1 Å². The fourth-order valence-corrected chi connectivity index (χ4v) is 5.95. The smallest absolute Gasteiger partial charge is 0.408 e. The Morgan fingerprint density at radius 2 is 1.87 bits per heavy atom. The number of nitrogens with zero attached hydrogens (tertiary/aromatic N) is 4. The number of piperidine rings is 1. The molecule has 0 bridgehead atoms. The highest BCUT2D eigenvalue weighted by Crippen LogP contribution is 2.27. The van der Waals surface area contributed by atoms with Crippen LogP contribution in [0.2, 0.25) is 0 Å². The van der Waals surface area contributed by atoms with Crippen LogP contribution in [-0.4, -0.2) is 76.9 Å². The third-order valence-electron chi connectivity index (χ3n) is 8.45. The molecule has 1 aromatic heterocycles. The fraction of sp³-hybridized carbons (Fsp3) is 0.667. The minimum absolute atomic E-state index is 0.243. The van der Waals surface area contributed by atoms with Crippen molar-refractivity contribution in [3.05, 3.63) is 35.2 Å². The van der Waals surface area contributed by atoms with E-state index >= 15 is 0 Å². The number of hydrogen-bond acceptors (Lipinski definition) is 9. The molecule has 2 saturated heterocycles. The number of alkyl carbamates (subject to hydrolysis) is 1. The van der Waals surface area contributed by atoms with Gasteiger partial charge in [0.2, 0.25) is 11.8 Å². The number of rotatable bonds is 12. The average Bonchev–Trinajstić information content (AvgIpc) is 3.66. The summed E-state index contributed by atoms with van der Waals surface area (Å²) in [5.41, 5.74) is 6.67. The van der Waals surface area contributed by atoms with Crippen LogP contribution in [0.4, 0.5) is 10.8 Å². The molecule has 2 unspecified atom stereocenters. The topological polar surface area (TPSA) is 153 Å². The Morgan fingerprint density at radius 1 is 1.13 bits per heavy atom. The molecule has 0 aliphatic carbocycles. The zero-order valence-electron chi connectivity index (χ0n) is 27.6. The Balaban J connectivity index is 1.28. The molecule has 2 aliphatic heterocycles. The van der Waals surface area contributed by atoms with E-state index in [2.05, 4.69) is 34.2 Å². The van der Waals surface area contributed by atoms with Gasteiger partial charge in [-0.3, -0.25) is 9.59 Å². The molecular weight excluding hydrogens is 576 g/mol. The van der Waals surface area contributed by atoms with Crippen molar-refractivity contribution in [3.63, 3.8) is 0 Å². The van der Waals surface area contributed by atoms with Gasteiger partial charge in [0.1, 0.15) is 23.4 Å². The van der Waals surface area contributed by atoms with E-state index in [4.69, 9.17) is 19.7 Å². The summed E-state index contributed by atoms with van der Waals surface area (Å²) in [7, 11) is 0. The molecule has 0 radical (unpaired) electrons. The lowest BCUT2D eigenvalue weighted by atomic mass is 9.92. The molecule has 12 nitrogen and oxygen atoms in total. The number of nitrogens with one attached hydrogen (secondary N) is 1. The molecule has 4 rings (SSSR count). The van der Waals surface area contributed by atoms with Crippen LogP contribution < -0.4 is 20.7 Å². The molecule has 45 heavy (non-hydrogen) atoms. The number of amides is 3. The number of anilines is 1. The fourth-order valence-electron chi connectivity index (χ4n) is 5.95. The second kappa shape index (κ2) is 15.0. The third kappa shape index (κ3) is 9.58. The van der Waals surface area contributed by atoms with Gasteiger partial charge in [-0.2, -0.15) is 4.98 Å². The summed E-state index contributed by atoms with van der Waals surface area (Å²) in [6.45, 7) is 14.2. The number of aryl methyl sites for hydroxylation is 1. The molecule has 2 aliphatic rings. The molecule has 248 valence electrons. The number of benzene rings is 1. The number of carbonyl (C=O) groups excluding carboxylic acids is 3. The first-order valence-electron chi connectivity index (χ1n) is 16.2. The predicted molar refractivity (Wildman–Crippen MR) is 170 cm³/mol. The number of carbonyl (C=O) groups is 3. The molecule has 3 heterocycles. The molecule has 1 aromatic carbocycles. The molecule has 0 spiro atoms. The molecule has 2 fully saturated rings. The van der Waals surface area contributed by atoms with Crippen LogP contribution >= 0.6 is 0 Å². The van der Waals surface area contributed by atoms with E-state index in [1.54, 1.807) is 20.8 Å². The SMILES string of the molecule is Cc1cc(OCCCC2CCN(c3nc(C(C)C)no3)CC2)ccc1CC(NC(=O)OC(C)(C)C)C(=O)N1CCCC1C(N)=O. The highest BCUT2D eigenvalue weighted by Gasteiger charge is 2.37. The predicted octanol–water partition coefficient (Wildman–Crippen LogP) is 4.49. The largest absolute Gasteiger partial charge is 0.494 e. The monoisotopic (exact) mass is 626 g/mol. The molecule has 2 atom stereocenters. The Hall–Kier alpha value is -3.83. The highest BCUT2D eigenvalue weighted by atomic mass is 16.6. The lowest BCUT2D eigenvalue weighted by Gasteiger charge is -2.30. The van der Waals surface area contributed by atoms with Crippen LogP contribution in [0.25, 0.3) is 0 Å². The second-order valence-corrected chi connectivity index (χ2v) is 13.6. The van der Waals surface area contributed by atoms with Gasteiger partial charge in [-0.15, -0.1) is 0 Å². The van der Waals surface area contributed by atoms with Crippen LogP contribution in [-0.2, 0) is 20.7 Å². The van der Waals surface area contributed by atoms with Crippen molar-refractivity contribution < 1.29 is 28.4 Å². The van der Waals surface area contributed by atoms with Crippen LogP contribution in [0.3, 0.4) is 0 Å². The Morgan fingerprint density at radius 3 is 2.49 bits per heavy atom. The second-order valence-electron chi connectivity index (χ2n) is 13.6. The van der Waals surface area contributed by atoms with Crippen LogP contribution in [0, 0.1) is 12.8 Å². The van der Waals surface area contributed by atoms with Gasteiger partial charge < -0.3 is 34.8 Å². The third-order valence-corrected chi connectivity index (χ3v) is 8.45. The molecule has 3 amide bonds. The van der Waals surface area contributed by atoms with Crippen LogP contribution in [0.1, 0.15) is 96.0 Å². The summed E-state index contributed by atoms with van der Waals surface area (Å²) >= 11 is 0. The van der Waals surface area contributed by atoms with Crippen LogP contribution in [0.5, 0.6) is 5.75 Å². The van der Waals surface area contributed by atoms with E-state index in [-0.39, 0.29) is 18.2 Å². The van der Waals surface area contributed by atoms with E-state index in [1.165, 1.54) is 4.90 Å². The average molecular weight is 627 g/mol. The van der Waals surface area contributed by atoms with Crippen molar-refractivity contribution in [1.29, 1.82) is 0 Å². The molecule has 2 aromatic rings. The molecule has 12 heteroatoms. The normalized spacial score (nSPS) is 18.2. The highest BCUT2D eigenvalue weighted by molar-refractivity contribution is 5.91. The van der Waals surface area contributed by atoms with Crippen molar-refractivity contribution in [1.82, 2.24) is 20.4 Å².